The van der Waals surface area contributed by atoms with Crippen LogP contribution in [0.2, 0.25) is 10.0 Å². The normalized spacial score (nSPS) is 17.5. The molecule has 8 heteroatoms. The van der Waals surface area contributed by atoms with Gasteiger partial charge in [0, 0.05) is 28.7 Å². The minimum Gasteiger partial charge on any atom is -0.507 e. The lowest BCUT2D eigenvalue weighted by atomic mass is 9.95. The summed E-state index contributed by atoms with van der Waals surface area (Å²) in [5.74, 6) is -1.52. The number of hydrogen-bond donors (Lipinski definition) is 1. The summed E-state index contributed by atoms with van der Waals surface area (Å²) < 4.78 is 5.51. The fourth-order valence-corrected chi connectivity index (χ4v) is 4.16. The molecule has 4 rings (SSSR count). The van der Waals surface area contributed by atoms with Crippen LogP contribution in [0.1, 0.15) is 29.7 Å². The third-order valence-electron chi connectivity index (χ3n) is 5.40. The molecule has 0 aliphatic carbocycles. The number of aryl methyl sites for hydroxylation is 1. The van der Waals surface area contributed by atoms with Crippen LogP contribution in [0.25, 0.3) is 5.76 Å². The fraction of sp³-hybridized carbons (Fsp3) is 0.160. The zero-order valence-corrected chi connectivity index (χ0v) is 19.4. The van der Waals surface area contributed by atoms with Crippen molar-refractivity contribution in [1.82, 2.24) is 4.98 Å². The van der Waals surface area contributed by atoms with Crippen molar-refractivity contribution in [3.05, 3.63) is 93.2 Å². The lowest BCUT2D eigenvalue weighted by molar-refractivity contribution is -0.132. The van der Waals surface area contributed by atoms with Crippen LogP contribution >= 0.6 is 23.2 Å². The van der Waals surface area contributed by atoms with Crippen molar-refractivity contribution in [3.8, 4) is 5.75 Å². The average molecular weight is 483 g/mol. The number of ether oxygens (including phenoxy) is 1. The summed E-state index contributed by atoms with van der Waals surface area (Å²) in [7, 11) is 0. The second kappa shape index (κ2) is 9.25. The first-order valence-corrected chi connectivity index (χ1v) is 11.0. The van der Waals surface area contributed by atoms with Gasteiger partial charge in [0.1, 0.15) is 11.5 Å². The van der Waals surface area contributed by atoms with Crippen molar-refractivity contribution in [2.75, 3.05) is 11.5 Å². The molecule has 0 radical (unpaired) electrons. The molecule has 2 aromatic carbocycles. The summed E-state index contributed by atoms with van der Waals surface area (Å²) in [6, 6.07) is 12.3. The Morgan fingerprint density at radius 3 is 2.45 bits per heavy atom. The van der Waals surface area contributed by atoms with E-state index in [1.807, 2.05) is 13.8 Å². The summed E-state index contributed by atoms with van der Waals surface area (Å²) in [5.41, 5.74) is 1.97. The Kier molecular flexibility index (Phi) is 6.40. The number of rotatable bonds is 5. The molecule has 1 aliphatic rings. The number of aliphatic hydroxyl groups is 1. The molecule has 168 valence electrons. The molecule has 2 heterocycles. The van der Waals surface area contributed by atoms with Crippen LogP contribution in [0, 0.1) is 6.92 Å². The highest BCUT2D eigenvalue weighted by atomic mass is 35.5. The van der Waals surface area contributed by atoms with E-state index in [2.05, 4.69) is 4.98 Å². The van der Waals surface area contributed by atoms with Crippen LogP contribution < -0.4 is 9.64 Å². The maximum absolute atomic E-state index is 13.2. The largest absolute Gasteiger partial charge is 0.507 e. The summed E-state index contributed by atoms with van der Waals surface area (Å²) in [5, 5.41) is 11.9. The number of carbonyl (C=O) groups is 2. The van der Waals surface area contributed by atoms with E-state index in [9.17, 15) is 14.7 Å². The molecule has 1 aromatic heterocycles. The predicted octanol–water partition coefficient (Wildman–Crippen LogP) is 5.72. The Morgan fingerprint density at radius 2 is 1.79 bits per heavy atom. The van der Waals surface area contributed by atoms with Gasteiger partial charge in [0.15, 0.2) is 0 Å². The number of ketones is 1. The van der Waals surface area contributed by atoms with E-state index in [4.69, 9.17) is 27.9 Å². The molecule has 6 nitrogen and oxygen atoms in total. The maximum atomic E-state index is 13.2. The second-order valence-corrected chi connectivity index (χ2v) is 8.27. The minimum absolute atomic E-state index is 0.0848. The van der Waals surface area contributed by atoms with Gasteiger partial charge in [0.05, 0.1) is 23.2 Å². The quantitative estimate of drug-likeness (QED) is 0.285. The Balaban J connectivity index is 1.95. The molecule has 1 fully saturated rings. The van der Waals surface area contributed by atoms with Crippen molar-refractivity contribution < 1.29 is 19.4 Å². The van der Waals surface area contributed by atoms with Crippen LogP contribution in [0.4, 0.5) is 5.69 Å². The molecule has 1 saturated heterocycles. The number of carbonyl (C=O) groups excluding carboxylic acids is 2. The summed E-state index contributed by atoms with van der Waals surface area (Å²) >= 11 is 12.7. The lowest BCUT2D eigenvalue weighted by Crippen LogP contribution is -2.29. The molecular weight excluding hydrogens is 463 g/mol. The predicted molar refractivity (Wildman–Crippen MR) is 128 cm³/mol. The molecule has 0 spiro atoms. The van der Waals surface area contributed by atoms with Gasteiger partial charge in [-0.15, -0.1) is 0 Å². The molecule has 33 heavy (non-hydrogen) atoms. The number of halogens is 2. The van der Waals surface area contributed by atoms with Gasteiger partial charge in [-0.05, 0) is 67.4 Å². The number of benzene rings is 2. The first-order chi connectivity index (χ1) is 15.8. The number of aliphatic hydroxyl groups excluding tert-OH is 1. The first-order valence-electron chi connectivity index (χ1n) is 10.2. The monoisotopic (exact) mass is 482 g/mol. The van der Waals surface area contributed by atoms with Crippen LogP contribution in [0.3, 0.4) is 0 Å². The Bertz CT molecular complexity index is 1270. The van der Waals surface area contributed by atoms with E-state index in [-0.39, 0.29) is 21.9 Å². The number of aromatic nitrogens is 1. The molecule has 1 atom stereocenters. The van der Waals surface area contributed by atoms with E-state index in [0.29, 0.717) is 28.6 Å². The first kappa shape index (κ1) is 22.8. The van der Waals surface area contributed by atoms with Gasteiger partial charge >= 0.3 is 0 Å². The second-order valence-electron chi connectivity index (χ2n) is 7.46. The highest BCUT2D eigenvalue weighted by Crippen LogP contribution is 2.43. The van der Waals surface area contributed by atoms with E-state index in [1.165, 1.54) is 4.90 Å². The van der Waals surface area contributed by atoms with Gasteiger partial charge in [0.2, 0.25) is 0 Å². The Morgan fingerprint density at radius 1 is 1.06 bits per heavy atom. The van der Waals surface area contributed by atoms with Crippen LogP contribution in [0.15, 0.2) is 66.5 Å². The van der Waals surface area contributed by atoms with Crippen molar-refractivity contribution in [3.63, 3.8) is 0 Å². The molecule has 0 bridgehead atoms. The van der Waals surface area contributed by atoms with E-state index in [0.717, 1.165) is 5.56 Å². The minimum atomic E-state index is -0.904. The molecule has 3 aromatic rings. The highest BCUT2D eigenvalue weighted by Gasteiger charge is 2.47. The molecule has 1 aliphatic heterocycles. The summed E-state index contributed by atoms with van der Waals surface area (Å²) in [6.07, 6.45) is 3.11. The molecular formula is C25H20Cl2N2O4. The summed E-state index contributed by atoms with van der Waals surface area (Å²) in [4.78, 5) is 31.8. The maximum Gasteiger partial charge on any atom is 0.300 e. The van der Waals surface area contributed by atoms with Crippen molar-refractivity contribution >= 4 is 46.3 Å². The van der Waals surface area contributed by atoms with Crippen molar-refractivity contribution in [2.24, 2.45) is 0 Å². The fourth-order valence-electron chi connectivity index (χ4n) is 3.78. The topological polar surface area (TPSA) is 79.7 Å². The highest BCUT2D eigenvalue weighted by molar-refractivity contribution is 6.52. The number of nitrogens with zero attached hydrogens (tertiary/aromatic N) is 2. The third kappa shape index (κ3) is 4.19. The van der Waals surface area contributed by atoms with E-state index < -0.39 is 17.7 Å². The number of amides is 1. The van der Waals surface area contributed by atoms with Crippen LogP contribution in [0.5, 0.6) is 5.75 Å². The standard InChI is InChI=1S/C25H20Cl2N2O4/c1-3-33-17-6-7-19(26)18(13-17)23(30)21-22(15-8-10-28-11-9-15)29(25(32)24(21)31)16-5-4-14(2)20(27)12-16/h4-13,22,30H,3H2,1-2H3/b23-21+. The van der Waals surface area contributed by atoms with E-state index >= 15 is 0 Å². The summed E-state index contributed by atoms with van der Waals surface area (Å²) in [6.45, 7) is 4.08. The molecule has 1 N–H and O–H groups in total. The van der Waals surface area contributed by atoms with Gasteiger partial charge in [-0.25, -0.2) is 0 Å². The van der Waals surface area contributed by atoms with Crippen LogP contribution in [-0.4, -0.2) is 28.4 Å². The molecule has 0 saturated carbocycles. The zero-order chi connectivity index (χ0) is 23.7. The van der Waals surface area contributed by atoms with Gasteiger partial charge in [-0.2, -0.15) is 0 Å². The number of pyridine rings is 1. The Hall–Kier alpha value is -3.35. The number of Topliss-reactive ketones (excluding diaryl/α,β-unsaturated/α-hetero) is 1. The molecule has 1 unspecified atom stereocenters. The van der Waals surface area contributed by atoms with Gasteiger partial charge in [-0.3, -0.25) is 19.5 Å². The SMILES string of the molecule is CCOc1ccc(Cl)c(/C(O)=C2\C(=O)C(=O)N(c3ccc(C)c(Cl)c3)C2c2ccncc2)c1. The smallest absolute Gasteiger partial charge is 0.300 e. The van der Waals surface area contributed by atoms with Crippen LogP contribution in [-0.2, 0) is 9.59 Å². The van der Waals surface area contributed by atoms with Crippen molar-refractivity contribution in [1.29, 1.82) is 0 Å². The average Bonchev–Trinajstić information content (AvgIpc) is 3.08. The van der Waals surface area contributed by atoms with Gasteiger partial charge < -0.3 is 9.84 Å². The Labute approximate surface area is 201 Å². The third-order valence-corrected chi connectivity index (χ3v) is 6.14. The number of anilines is 1. The van der Waals surface area contributed by atoms with Gasteiger partial charge in [-0.1, -0.05) is 29.3 Å². The van der Waals surface area contributed by atoms with Crippen molar-refractivity contribution in [2.45, 2.75) is 19.9 Å². The molecule has 1 amide bonds. The van der Waals surface area contributed by atoms with Gasteiger partial charge in [0.25, 0.3) is 11.7 Å². The zero-order valence-electron chi connectivity index (χ0n) is 17.9. The lowest BCUT2D eigenvalue weighted by Gasteiger charge is -2.25. The number of hydrogen-bond acceptors (Lipinski definition) is 5. The van der Waals surface area contributed by atoms with E-state index in [1.54, 1.807) is 60.9 Å².